The molecule has 2 aromatic heterocycles. The Morgan fingerprint density at radius 1 is 1.61 bits per heavy atom. The zero-order valence-electron chi connectivity index (χ0n) is 10.5. The summed E-state index contributed by atoms with van der Waals surface area (Å²) in [5.74, 6) is -0.0643. The lowest BCUT2D eigenvalue weighted by Gasteiger charge is -2.15. The molecule has 2 rings (SSSR count). The zero-order valence-corrected chi connectivity index (χ0v) is 11.4. The van der Waals surface area contributed by atoms with Gasteiger partial charge in [0.25, 0.3) is 5.91 Å². The maximum Gasteiger partial charge on any atom is 0.265 e. The average Bonchev–Trinajstić information content (AvgIpc) is 2.84. The quantitative estimate of drug-likeness (QED) is 0.899. The van der Waals surface area contributed by atoms with Crippen LogP contribution in [0.15, 0.2) is 12.4 Å². The molecule has 0 aromatic carbocycles. The van der Waals surface area contributed by atoms with E-state index in [2.05, 4.69) is 10.1 Å². The number of hydrogen-bond acceptors (Lipinski definition) is 5. The summed E-state index contributed by atoms with van der Waals surface area (Å²) in [5, 5.41) is 4.49. The van der Waals surface area contributed by atoms with Crippen molar-refractivity contribution in [3.63, 3.8) is 0 Å². The Balaban J connectivity index is 2.11. The van der Waals surface area contributed by atoms with Crippen molar-refractivity contribution in [3.8, 4) is 0 Å². The number of aromatic nitrogens is 3. The predicted octanol–water partition coefficient (Wildman–Crippen LogP) is 1.04. The highest BCUT2D eigenvalue weighted by Crippen LogP contribution is 2.21. The van der Waals surface area contributed by atoms with E-state index >= 15 is 0 Å². The van der Waals surface area contributed by atoms with Crippen LogP contribution in [0, 0.1) is 6.92 Å². The Hall–Kier alpha value is -1.89. The first-order chi connectivity index (χ1) is 8.47. The molecule has 0 radical (unpaired) electrons. The summed E-state index contributed by atoms with van der Waals surface area (Å²) in [5.41, 5.74) is 7.27. The van der Waals surface area contributed by atoms with Crippen LogP contribution in [-0.4, -0.2) is 32.6 Å². The highest BCUT2D eigenvalue weighted by molar-refractivity contribution is 7.17. The number of thiazole rings is 1. The normalized spacial score (nSPS) is 10.6. The standard InChI is InChI=1S/C11H15N5OS/c1-7-9(18-11(12)14-7)10(17)15(2)5-8-4-13-16(3)6-8/h4,6H,5H2,1-3H3,(H2,12,14). The Labute approximate surface area is 109 Å². The first kappa shape index (κ1) is 12.6. The molecule has 0 aliphatic carbocycles. The van der Waals surface area contributed by atoms with E-state index in [0.29, 0.717) is 22.2 Å². The first-order valence-electron chi connectivity index (χ1n) is 5.43. The first-order valence-corrected chi connectivity index (χ1v) is 6.25. The topological polar surface area (TPSA) is 77.0 Å². The van der Waals surface area contributed by atoms with Crippen molar-refractivity contribution < 1.29 is 4.79 Å². The summed E-state index contributed by atoms with van der Waals surface area (Å²) in [4.78, 5) is 18.5. The van der Waals surface area contributed by atoms with E-state index in [9.17, 15) is 4.79 Å². The summed E-state index contributed by atoms with van der Waals surface area (Å²) in [6, 6.07) is 0. The van der Waals surface area contributed by atoms with E-state index in [1.807, 2.05) is 13.2 Å². The van der Waals surface area contributed by atoms with Gasteiger partial charge in [-0.25, -0.2) is 4.98 Å². The van der Waals surface area contributed by atoms with Crippen LogP contribution in [0.5, 0.6) is 0 Å². The fraction of sp³-hybridized carbons (Fsp3) is 0.364. The van der Waals surface area contributed by atoms with Gasteiger partial charge in [0.1, 0.15) is 4.88 Å². The van der Waals surface area contributed by atoms with E-state index in [0.717, 1.165) is 5.56 Å². The van der Waals surface area contributed by atoms with Crippen LogP contribution in [0.1, 0.15) is 20.9 Å². The highest BCUT2D eigenvalue weighted by Gasteiger charge is 2.18. The molecule has 0 aliphatic rings. The number of carbonyl (C=O) groups excluding carboxylic acids is 1. The van der Waals surface area contributed by atoms with Crippen LogP contribution in [0.2, 0.25) is 0 Å². The molecular formula is C11H15N5OS. The van der Waals surface area contributed by atoms with Crippen molar-refractivity contribution in [1.29, 1.82) is 0 Å². The minimum atomic E-state index is -0.0643. The van der Waals surface area contributed by atoms with Crippen LogP contribution >= 0.6 is 11.3 Å². The minimum absolute atomic E-state index is 0.0643. The van der Waals surface area contributed by atoms with Crippen LogP contribution in [0.4, 0.5) is 5.13 Å². The molecule has 0 fully saturated rings. The van der Waals surface area contributed by atoms with Crippen LogP contribution < -0.4 is 5.73 Å². The number of nitrogens with two attached hydrogens (primary N) is 1. The van der Waals surface area contributed by atoms with Gasteiger partial charge in [0, 0.05) is 32.4 Å². The number of carbonyl (C=O) groups is 1. The van der Waals surface area contributed by atoms with Gasteiger partial charge in [-0.15, -0.1) is 0 Å². The molecule has 6 nitrogen and oxygen atoms in total. The molecule has 0 saturated carbocycles. The van der Waals surface area contributed by atoms with Crippen molar-refractivity contribution in [1.82, 2.24) is 19.7 Å². The van der Waals surface area contributed by atoms with Gasteiger partial charge < -0.3 is 10.6 Å². The molecule has 0 bridgehead atoms. The smallest absolute Gasteiger partial charge is 0.265 e. The number of rotatable bonds is 3. The molecular weight excluding hydrogens is 250 g/mol. The third-order valence-electron chi connectivity index (χ3n) is 2.53. The summed E-state index contributed by atoms with van der Waals surface area (Å²) in [7, 11) is 3.60. The maximum atomic E-state index is 12.2. The molecule has 2 aromatic rings. The fourth-order valence-electron chi connectivity index (χ4n) is 1.69. The zero-order chi connectivity index (χ0) is 13.3. The lowest BCUT2D eigenvalue weighted by atomic mass is 10.3. The largest absolute Gasteiger partial charge is 0.375 e. The SMILES string of the molecule is Cc1nc(N)sc1C(=O)N(C)Cc1cnn(C)c1. The number of amides is 1. The molecule has 7 heteroatoms. The second-order valence-electron chi connectivity index (χ2n) is 4.15. The van der Waals surface area contributed by atoms with E-state index in [4.69, 9.17) is 5.73 Å². The monoisotopic (exact) mass is 265 g/mol. The molecule has 18 heavy (non-hydrogen) atoms. The second kappa shape index (κ2) is 4.77. The van der Waals surface area contributed by atoms with Crippen LogP contribution in [-0.2, 0) is 13.6 Å². The van der Waals surface area contributed by atoms with Crippen molar-refractivity contribution in [3.05, 3.63) is 28.5 Å². The van der Waals surface area contributed by atoms with E-state index in [1.54, 1.807) is 29.7 Å². The number of hydrogen-bond donors (Lipinski definition) is 1. The summed E-state index contributed by atoms with van der Waals surface area (Å²) in [6.07, 6.45) is 3.63. The van der Waals surface area contributed by atoms with E-state index < -0.39 is 0 Å². The molecule has 1 amide bonds. The van der Waals surface area contributed by atoms with Crippen molar-refractivity contribution in [2.24, 2.45) is 7.05 Å². The molecule has 2 N–H and O–H groups in total. The van der Waals surface area contributed by atoms with Gasteiger partial charge in [-0.05, 0) is 6.92 Å². The molecule has 0 spiro atoms. The van der Waals surface area contributed by atoms with Crippen LogP contribution in [0.3, 0.4) is 0 Å². The van der Waals surface area contributed by atoms with Crippen molar-refractivity contribution in [2.75, 3.05) is 12.8 Å². The Morgan fingerprint density at radius 3 is 2.83 bits per heavy atom. The van der Waals surface area contributed by atoms with Crippen molar-refractivity contribution in [2.45, 2.75) is 13.5 Å². The number of nitrogen functional groups attached to an aromatic ring is 1. The number of aryl methyl sites for hydroxylation is 2. The fourth-order valence-corrected chi connectivity index (χ4v) is 2.52. The molecule has 0 unspecified atom stereocenters. The van der Waals surface area contributed by atoms with Gasteiger partial charge in [0.2, 0.25) is 0 Å². The lowest BCUT2D eigenvalue weighted by molar-refractivity contribution is 0.0789. The Bertz CT molecular complexity index is 574. The third-order valence-corrected chi connectivity index (χ3v) is 3.51. The van der Waals surface area contributed by atoms with Crippen LogP contribution in [0.25, 0.3) is 0 Å². The molecule has 0 aliphatic heterocycles. The summed E-state index contributed by atoms with van der Waals surface area (Å²) < 4.78 is 1.71. The molecule has 0 atom stereocenters. The number of anilines is 1. The van der Waals surface area contributed by atoms with Gasteiger partial charge in [0.15, 0.2) is 5.13 Å². The van der Waals surface area contributed by atoms with E-state index in [-0.39, 0.29) is 5.91 Å². The molecule has 2 heterocycles. The average molecular weight is 265 g/mol. The lowest BCUT2D eigenvalue weighted by Crippen LogP contribution is -2.25. The Kier molecular flexibility index (Phi) is 3.33. The van der Waals surface area contributed by atoms with Crippen molar-refractivity contribution >= 4 is 22.4 Å². The molecule has 0 saturated heterocycles. The van der Waals surface area contributed by atoms with Gasteiger partial charge >= 0.3 is 0 Å². The second-order valence-corrected chi connectivity index (χ2v) is 5.18. The van der Waals surface area contributed by atoms with E-state index in [1.165, 1.54) is 11.3 Å². The van der Waals surface area contributed by atoms with Gasteiger partial charge in [0.05, 0.1) is 11.9 Å². The van der Waals surface area contributed by atoms with Gasteiger partial charge in [-0.1, -0.05) is 11.3 Å². The predicted molar refractivity (Wildman–Crippen MR) is 70.3 cm³/mol. The highest BCUT2D eigenvalue weighted by atomic mass is 32.1. The van der Waals surface area contributed by atoms with Gasteiger partial charge in [-0.2, -0.15) is 5.10 Å². The maximum absolute atomic E-state index is 12.2. The third kappa shape index (κ3) is 2.51. The molecule has 96 valence electrons. The summed E-state index contributed by atoms with van der Waals surface area (Å²) >= 11 is 1.22. The summed E-state index contributed by atoms with van der Waals surface area (Å²) in [6.45, 7) is 2.31. The minimum Gasteiger partial charge on any atom is -0.375 e. The van der Waals surface area contributed by atoms with Gasteiger partial charge in [-0.3, -0.25) is 9.48 Å². The number of nitrogens with zero attached hydrogens (tertiary/aromatic N) is 4. The Morgan fingerprint density at radius 2 is 2.33 bits per heavy atom.